The molecule has 5 nitrogen and oxygen atoms in total. The predicted molar refractivity (Wildman–Crippen MR) is 75.0 cm³/mol. The largest absolute Gasteiger partial charge is 0.359 e. The average molecular weight is 272 g/mol. The molecule has 2 N–H and O–H groups in total. The van der Waals surface area contributed by atoms with Gasteiger partial charge in [-0.25, -0.2) is 10.4 Å². The number of carbonyl (C=O) groups is 1. The van der Waals surface area contributed by atoms with E-state index < -0.39 is 0 Å². The zero-order valence-corrected chi connectivity index (χ0v) is 11.3. The van der Waals surface area contributed by atoms with Crippen LogP contribution in [0, 0.1) is 13.8 Å². The molecule has 0 bridgehead atoms. The Hall–Kier alpha value is -2.21. The van der Waals surface area contributed by atoms with E-state index in [1.807, 2.05) is 31.4 Å². The molecule has 1 aliphatic heterocycles. The molecule has 96 valence electrons. The van der Waals surface area contributed by atoms with Crippen molar-refractivity contribution in [2.45, 2.75) is 13.8 Å². The summed E-state index contributed by atoms with van der Waals surface area (Å²) in [6, 6.07) is 2.04. The van der Waals surface area contributed by atoms with Gasteiger partial charge in [0.15, 0.2) is 0 Å². The van der Waals surface area contributed by atoms with Crippen LogP contribution in [-0.4, -0.2) is 21.6 Å². The summed E-state index contributed by atoms with van der Waals surface area (Å²) in [5.74, 6) is -0.197. The van der Waals surface area contributed by atoms with E-state index in [9.17, 15) is 4.79 Å². The molecule has 1 aliphatic rings. The molecule has 0 saturated heterocycles. The second-order valence-electron chi connectivity index (χ2n) is 4.35. The molecule has 0 saturated carbocycles. The van der Waals surface area contributed by atoms with Gasteiger partial charge in [-0.3, -0.25) is 4.79 Å². The van der Waals surface area contributed by atoms with E-state index in [0.717, 1.165) is 22.0 Å². The van der Waals surface area contributed by atoms with Crippen LogP contribution >= 0.6 is 11.3 Å². The number of hydrazone groups is 1. The van der Waals surface area contributed by atoms with Gasteiger partial charge in [-0.15, -0.1) is 11.3 Å². The number of hydrogen-bond donors (Lipinski definition) is 2. The van der Waals surface area contributed by atoms with Crippen molar-refractivity contribution >= 4 is 29.0 Å². The highest BCUT2D eigenvalue weighted by molar-refractivity contribution is 7.12. The maximum atomic E-state index is 11.9. The average Bonchev–Trinajstić information content (AvgIpc) is 3.04. The molecule has 1 amide bonds. The second-order valence-corrected chi connectivity index (χ2v) is 5.24. The van der Waals surface area contributed by atoms with Crippen LogP contribution in [0.4, 0.5) is 0 Å². The summed E-state index contributed by atoms with van der Waals surface area (Å²) >= 11 is 1.46. The predicted octanol–water partition coefficient (Wildman–Crippen LogP) is 2.01. The molecule has 6 heteroatoms. The van der Waals surface area contributed by atoms with Crippen LogP contribution in [0.15, 0.2) is 28.3 Å². The van der Waals surface area contributed by atoms with Crippen LogP contribution in [0.25, 0.3) is 6.08 Å². The normalized spacial score (nSPS) is 16.8. The van der Waals surface area contributed by atoms with Crippen LogP contribution in [-0.2, 0) is 4.79 Å². The smallest absolute Gasteiger partial charge is 0.273 e. The molecule has 2 aromatic rings. The number of nitrogens with one attached hydrogen (secondary N) is 2. The summed E-state index contributed by atoms with van der Waals surface area (Å²) < 4.78 is 0. The minimum Gasteiger partial charge on any atom is -0.359 e. The topological polar surface area (TPSA) is 70.1 Å². The Bertz CT molecular complexity index is 694. The van der Waals surface area contributed by atoms with Crippen LogP contribution in [0.3, 0.4) is 0 Å². The summed E-state index contributed by atoms with van der Waals surface area (Å²) in [5, 5.41) is 6.66. The first kappa shape index (κ1) is 11.9. The maximum absolute atomic E-state index is 11.9. The van der Waals surface area contributed by atoms with Crippen molar-refractivity contribution in [2.75, 3.05) is 0 Å². The number of hydrogen-bond acceptors (Lipinski definition) is 4. The number of rotatable bonds is 2. The standard InChI is InChI=1S/C13H12N4OS/c1-7-5-8(2)15-10(7)6-9-11(16-17-12(9)18)13-14-3-4-19-13/h3-6,15H,1-2H3,(H,17,18)/b9-6-. The van der Waals surface area contributed by atoms with E-state index in [4.69, 9.17) is 0 Å². The molecule has 0 spiro atoms. The monoisotopic (exact) mass is 272 g/mol. The molecule has 0 aromatic carbocycles. The summed E-state index contributed by atoms with van der Waals surface area (Å²) in [4.78, 5) is 19.3. The first-order valence-corrected chi connectivity index (χ1v) is 6.69. The molecule has 0 atom stereocenters. The van der Waals surface area contributed by atoms with Crippen molar-refractivity contribution < 1.29 is 4.79 Å². The van der Waals surface area contributed by atoms with E-state index >= 15 is 0 Å². The van der Waals surface area contributed by atoms with E-state index in [2.05, 4.69) is 20.5 Å². The molecule has 0 unspecified atom stereocenters. The van der Waals surface area contributed by atoms with Crippen LogP contribution in [0.2, 0.25) is 0 Å². The molecule has 3 heterocycles. The number of aryl methyl sites for hydroxylation is 2. The van der Waals surface area contributed by atoms with Gasteiger partial charge in [0.1, 0.15) is 10.7 Å². The Labute approximate surface area is 114 Å². The van der Waals surface area contributed by atoms with E-state index in [0.29, 0.717) is 11.3 Å². The Kier molecular flexibility index (Phi) is 2.79. The number of aromatic nitrogens is 2. The highest BCUT2D eigenvalue weighted by Gasteiger charge is 2.25. The number of nitrogens with zero attached hydrogens (tertiary/aromatic N) is 2. The fraction of sp³-hybridized carbons (Fsp3) is 0.154. The quantitative estimate of drug-likeness (QED) is 0.821. The van der Waals surface area contributed by atoms with E-state index in [1.165, 1.54) is 11.3 Å². The Morgan fingerprint density at radius 2 is 2.21 bits per heavy atom. The van der Waals surface area contributed by atoms with Crippen molar-refractivity contribution in [3.05, 3.63) is 45.2 Å². The van der Waals surface area contributed by atoms with Crippen LogP contribution < -0.4 is 5.43 Å². The molecule has 19 heavy (non-hydrogen) atoms. The lowest BCUT2D eigenvalue weighted by molar-refractivity contribution is -0.116. The van der Waals surface area contributed by atoms with Crippen LogP contribution in [0.1, 0.15) is 22.0 Å². The number of H-pyrrole nitrogens is 1. The SMILES string of the molecule is Cc1cc(C)c(/C=C2\C(=O)NN=C2c2nccs2)[nH]1. The lowest BCUT2D eigenvalue weighted by Crippen LogP contribution is -2.13. The van der Waals surface area contributed by atoms with Gasteiger partial charge in [-0.1, -0.05) is 0 Å². The first-order valence-electron chi connectivity index (χ1n) is 5.81. The van der Waals surface area contributed by atoms with Gasteiger partial charge in [0, 0.05) is 23.0 Å². The van der Waals surface area contributed by atoms with Gasteiger partial charge < -0.3 is 4.98 Å². The minimum absolute atomic E-state index is 0.197. The highest BCUT2D eigenvalue weighted by atomic mass is 32.1. The van der Waals surface area contributed by atoms with Crippen molar-refractivity contribution in [1.82, 2.24) is 15.4 Å². The third-order valence-electron chi connectivity index (χ3n) is 2.88. The van der Waals surface area contributed by atoms with Crippen molar-refractivity contribution in [2.24, 2.45) is 5.10 Å². The zero-order valence-electron chi connectivity index (χ0n) is 10.5. The van der Waals surface area contributed by atoms with Crippen molar-refractivity contribution in [1.29, 1.82) is 0 Å². The highest BCUT2D eigenvalue weighted by Crippen LogP contribution is 2.20. The van der Waals surface area contributed by atoms with Crippen LogP contribution in [0.5, 0.6) is 0 Å². The fourth-order valence-corrected chi connectivity index (χ4v) is 2.66. The second kappa shape index (κ2) is 4.47. The lowest BCUT2D eigenvalue weighted by Gasteiger charge is -1.98. The van der Waals surface area contributed by atoms with Gasteiger partial charge in [-0.2, -0.15) is 5.10 Å². The Morgan fingerprint density at radius 1 is 1.37 bits per heavy atom. The van der Waals surface area contributed by atoms with Gasteiger partial charge in [-0.05, 0) is 31.6 Å². The van der Waals surface area contributed by atoms with Crippen molar-refractivity contribution in [3.8, 4) is 0 Å². The molecule has 2 aromatic heterocycles. The van der Waals surface area contributed by atoms with Gasteiger partial charge in [0.25, 0.3) is 5.91 Å². The fourth-order valence-electron chi connectivity index (χ4n) is 2.02. The van der Waals surface area contributed by atoms with E-state index in [1.54, 1.807) is 6.20 Å². The third kappa shape index (κ3) is 2.10. The van der Waals surface area contributed by atoms with E-state index in [-0.39, 0.29) is 5.91 Å². The zero-order chi connectivity index (χ0) is 13.4. The minimum atomic E-state index is -0.197. The maximum Gasteiger partial charge on any atom is 0.273 e. The molecule has 3 rings (SSSR count). The van der Waals surface area contributed by atoms with Gasteiger partial charge in [0.2, 0.25) is 0 Å². The summed E-state index contributed by atoms with van der Waals surface area (Å²) in [5.41, 5.74) is 6.72. The number of aromatic amines is 1. The third-order valence-corrected chi connectivity index (χ3v) is 3.66. The lowest BCUT2D eigenvalue weighted by atomic mass is 10.1. The number of thiazole rings is 1. The molecule has 0 radical (unpaired) electrons. The van der Waals surface area contributed by atoms with Crippen molar-refractivity contribution in [3.63, 3.8) is 0 Å². The van der Waals surface area contributed by atoms with Gasteiger partial charge >= 0.3 is 0 Å². The van der Waals surface area contributed by atoms with Gasteiger partial charge in [0.05, 0.1) is 5.57 Å². The Balaban J connectivity index is 2.05. The molecular formula is C13H12N4OS. The molecule has 0 aliphatic carbocycles. The summed E-state index contributed by atoms with van der Waals surface area (Å²) in [7, 11) is 0. The Morgan fingerprint density at radius 3 is 2.84 bits per heavy atom. The molecule has 0 fully saturated rings. The number of amides is 1. The number of carbonyl (C=O) groups excluding carboxylic acids is 1. The molecular weight excluding hydrogens is 260 g/mol. The summed E-state index contributed by atoms with van der Waals surface area (Å²) in [6.45, 7) is 3.99. The summed E-state index contributed by atoms with van der Waals surface area (Å²) in [6.07, 6.45) is 3.53. The first-order chi connectivity index (χ1) is 9.15.